The van der Waals surface area contributed by atoms with Gasteiger partial charge in [-0.2, -0.15) is 0 Å². The van der Waals surface area contributed by atoms with E-state index in [2.05, 4.69) is 21.2 Å². The molecule has 2 rings (SSSR count). The lowest BCUT2D eigenvalue weighted by atomic mass is 10.3. The molecule has 0 aromatic heterocycles. The minimum absolute atomic E-state index is 0.144. The summed E-state index contributed by atoms with van der Waals surface area (Å²) in [4.78, 5) is 23.8. The molecule has 0 aliphatic carbocycles. The van der Waals surface area contributed by atoms with Gasteiger partial charge >= 0.3 is 0 Å². The molecule has 2 amide bonds. The maximum absolute atomic E-state index is 11.3. The fourth-order valence-electron chi connectivity index (χ4n) is 1.30. The summed E-state index contributed by atoms with van der Waals surface area (Å²) >= 11 is 4.42. The summed E-state index contributed by atoms with van der Waals surface area (Å²) in [6.07, 6.45) is 0. The lowest BCUT2D eigenvalue weighted by molar-refractivity contribution is -0.124. The van der Waals surface area contributed by atoms with Crippen LogP contribution in [0.3, 0.4) is 0 Å². The summed E-state index contributed by atoms with van der Waals surface area (Å²) in [7, 11) is 0. The monoisotopic (exact) mass is 300 g/mol. The van der Waals surface area contributed by atoms with Gasteiger partial charge in [0.25, 0.3) is 5.24 Å². The van der Waals surface area contributed by atoms with Crippen molar-refractivity contribution in [3.63, 3.8) is 0 Å². The number of halogens is 1. The second-order valence-electron chi connectivity index (χ2n) is 3.19. The molecule has 0 saturated carbocycles. The first kappa shape index (κ1) is 11.5. The lowest BCUT2D eigenvalue weighted by Crippen LogP contribution is -2.33. The maximum atomic E-state index is 11.3. The first-order valence-corrected chi connectivity index (χ1v) is 6.42. The van der Waals surface area contributed by atoms with Gasteiger partial charge in [0, 0.05) is 10.2 Å². The van der Waals surface area contributed by atoms with Crippen LogP contribution in [0.15, 0.2) is 28.7 Å². The summed E-state index contributed by atoms with van der Waals surface area (Å²) in [5.41, 5.74) is 0.861. The van der Waals surface area contributed by atoms with E-state index in [0.717, 1.165) is 21.9 Å². The largest absolute Gasteiger partial charge is 0.366 e. The molecule has 1 N–H and O–H groups in total. The zero-order valence-corrected chi connectivity index (χ0v) is 10.7. The summed E-state index contributed by atoms with van der Waals surface area (Å²) in [5.74, 6) is 0.103. The molecule has 1 aliphatic heterocycles. The van der Waals surface area contributed by atoms with Crippen LogP contribution in [-0.4, -0.2) is 28.5 Å². The number of benzene rings is 1. The number of hydrogen-bond acceptors (Lipinski definition) is 4. The molecule has 1 saturated heterocycles. The predicted octanol–water partition coefficient (Wildman–Crippen LogP) is 2.51. The van der Waals surface area contributed by atoms with Crippen molar-refractivity contribution in [1.82, 2.24) is 4.90 Å². The van der Waals surface area contributed by atoms with Crippen molar-refractivity contribution in [3.05, 3.63) is 28.7 Å². The predicted molar refractivity (Wildman–Crippen MR) is 67.3 cm³/mol. The molecule has 1 aliphatic rings. The van der Waals surface area contributed by atoms with E-state index < -0.39 is 0 Å². The molecule has 1 aromatic rings. The van der Waals surface area contributed by atoms with Crippen LogP contribution in [0.25, 0.3) is 0 Å². The second kappa shape index (κ2) is 4.88. The van der Waals surface area contributed by atoms with Crippen LogP contribution in [0.2, 0.25) is 0 Å². The summed E-state index contributed by atoms with van der Waals surface area (Å²) in [5, 5.41) is 2.85. The number of nitrogens with one attached hydrogen (secondary N) is 1. The van der Waals surface area contributed by atoms with Crippen molar-refractivity contribution in [2.75, 3.05) is 17.7 Å². The summed E-state index contributed by atoms with van der Waals surface area (Å²) in [6.45, 7) is 0.216. The quantitative estimate of drug-likeness (QED) is 0.932. The van der Waals surface area contributed by atoms with Crippen molar-refractivity contribution >= 4 is 44.5 Å². The number of para-hydroxylation sites is 1. The average Bonchev–Trinajstić information content (AvgIpc) is 2.58. The Morgan fingerprint density at radius 2 is 2.12 bits per heavy atom. The fourth-order valence-corrected chi connectivity index (χ4v) is 2.45. The van der Waals surface area contributed by atoms with E-state index in [1.54, 1.807) is 0 Å². The number of thioether (sulfide) groups is 1. The van der Waals surface area contributed by atoms with Gasteiger partial charge in [-0.1, -0.05) is 23.9 Å². The number of amides is 2. The topological polar surface area (TPSA) is 49.4 Å². The minimum Gasteiger partial charge on any atom is -0.366 e. The summed E-state index contributed by atoms with van der Waals surface area (Å²) in [6, 6.07) is 7.56. The lowest BCUT2D eigenvalue weighted by Gasteiger charge is -2.15. The molecule has 16 heavy (non-hydrogen) atoms. The van der Waals surface area contributed by atoms with Gasteiger partial charge in [0.1, 0.15) is 0 Å². The number of anilines is 1. The van der Waals surface area contributed by atoms with Crippen LogP contribution < -0.4 is 5.32 Å². The van der Waals surface area contributed by atoms with E-state index in [-0.39, 0.29) is 23.6 Å². The highest BCUT2D eigenvalue weighted by molar-refractivity contribution is 9.10. The summed E-state index contributed by atoms with van der Waals surface area (Å²) < 4.78 is 0.904. The van der Waals surface area contributed by atoms with E-state index in [1.807, 2.05) is 24.3 Å². The Balaban J connectivity index is 2.00. The Kier molecular flexibility index (Phi) is 3.50. The molecular weight excluding hydrogens is 292 g/mol. The van der Waals surface area contributed by atoms with Crippen LogP contribution >= 0.6 is 27.7 Å². The second-order valence-corrected chi connectivity index (χ2v) is 4.97. The van der Waals surface area contributed by atoms with Crippen molar-refractivity contribution in [2.24, 2.45) is 0 Å². The number of carbonyl (C=O) groups excluding carboxylic acids is 2. The highest BCUT2D eigenvalue weighted by atomic mass is 79.9. The van der Waals surface area contributed by atoms with Crippen LogP contribution in [0.4, 0.5) is 10.5 Å². The normalized spacial score (nSPS) is 15.7. The van der Waals surface area contributed by atoms with Crippen molar-refractivity contribution in [3.8, 4) is 0 Å². The first-order valence-electron chi connectivity index (χ1n) is 4.64. The number of hydrogen-bond donors (Lipinski definition) is 1. The number of imide groups is 1. The molecule has 6 heteroatoms. The Morgan fingerprint density at radius 1 is 1.38 bits per heavy atom. The SMILES string of the molecule is O=C1CSC(=O)N1CNc1ccccc1Br. The van der Waals surface area contributed by atoms with E-state index in [4.69, 9.17) is 0 Å². The van der Waals surface area contributed by atoms with Gasteiger partial charge in [0.05, 0.1) is 12.4 Å². The standard InChI is InChI=1S/C10H9BrN2O2S/c11-7-3-1-2-4-8(7)12-6-13-9(14)5-16-10(13)15/h1-4,12H,5-6H2. The molecule has 84 valence electrons. The van der Waals surface area contributed by atoms with Gasteiger partial charge < -0.3 is 5.32 Å². The molecule has 0 radical (unpaired) electrons. The number of carbonyl (C=O) groups is 2. The third-order valence-electron chi connectivity index (χ3n) is 2.14. The fraction of sp³-hybridized carbons (Fsp3) is 0.200. The number of nitrogens with zero attached hydrogens (tertiary/aromatic N) is 1. The highest BCUT2D eigenvalue weighted by Gasteiger charge is 2.29. The maximum Gasteiger partial charge on any atom is 0.290 e. The van der Waals surface area contributed by atoms with E-state index in [1.165, 1.54) is 4.90 Å². The molecule has 4 nitrogen and oxygen atoms in total. The van der Waals surface area contributed by atoms with Crippen LogP contribution in [-0.2, 0) is 4.79 Å². The van der Waals surface area contributed by atoms with Gasteiger partial charge in [-0.3, -0.25) is 14.5 Å². The Bertz CT molecular complexity index is 423. The van der Waals surface area contributed by atoms with Crippen molar-refractivity contribution in [2.45, 2.75) is 0 Å². The van der Waals surface area contributed by atoms with Crippen LogP contribution in [0, 0.1) is 0 Å². The Labute approximate surface area is 106 Å². The van der Waals surface area contributed by atoms with E-state index in [0.29, 0.717) is 0 Å². The highest BCUT2D eigenvalue weighted by Crippen LogP contribution is 2.23. The van der Waals surface area contributed by atoms with Gasteiger partial charge in [0.2, 0.25) is 5.91 Å². The van der Waals surface area contributed by atoms with Crippen LogP contribution in [0.5, 0.6) is 0 Å². The zero-order valence-electron chi connectivity index (χ0n) is 8.27. The van der Waals surface area contributed by atoms with Gasteiger partial charge in [0.15, 0.2) is 0 Å². The van der Waals surface area contributed by atoms with Gasteiger partial charge in [-0.25, -0.2) is 0 Å². The third kappa shape index (κ3) is 2.38. The molecule has 1 fully saturated rings. The van der Waals surface area contributed by atoms with Crippen molar-refractivity contribution in [1.29, 1.82) is 0 Å². The average molecular weight is 301 g/mol. The molecule has 1 aromatic carbocycles. The Hall–Kier alpha value is -1.01. The Morgan fingerprint density at radius 3 is 2.75 bits per heavy atom. The third-order valence-corrected chi connectivity index (χ3v) is 3.69. The van der Waals surface area contributed by atoms with Crippen molar-refractivity contribution < 1.29 is 9.59 Å². The molecular formula is C10H9BrN2O2S. The van der Waals surface area contributed by atoms with Crippen LogP contribution in [0.1, 0.15) is 0 Å². The molecule has 0 bridgehead atoms. The first-order chi connectivity index (χ1) is 7.68. The van der Waals surface area contributed by atoms with Gasteiger partial charge in [-0.15, -0.1) is 0 Å². The van der Waals surface area contributed by atoms with Gasteiger partial charge in [-0.05, 0) is 28.1 Å². The minimum atomic E-state index is -0.190. The smallest absolute Gasteiger partial charge is 0.290 e. The molecule has 0 atom stereocenters. The molecule has 0 spiro atoms. The number of rotatable bonds is 3. The van der Waals surface area contributed by atoms with E-state index >= 15 is 0 Å². The van der Waals surface area contributed by atoms with E-state index in [9.17, 15) is 9.59 Å². The zero-order chi connectivity index (χ0) is 11.5. The molecule has 1 heterocycles. The molecule has 0 unspecified atom stereocenters.